The number of rotatable bonds is 13. The zero-order valence-corrected chi connectivity index (χ0v) is 27.2. The number of carboxylic acids is 1. The molecule has 4 aromatic rings. The lowest BCUT2D eigenvalue weighted by Gasteiger charge is -2.17. The van der Waals surface area contributed by atoms with Gasteiger partial charge in [0.2, 0.25) is 5.96 Å². The molecule has 1 aliphatic carbocycles. The third-order valence-corrected chi connectivity index (χ3v) is 7.97. The lowest BCUT2D eigenvalue weighted by atomic mass is 9.98. The zero-order valence-electron chi connectivity index (χ0n) is 27.2. The van der Waals surface area contributed by atoms with Gasteiger partial charge in [-0.3, -0.25) is 15.6 Å². The molecule has 0 heterocycles. The molecule has 0 spiro atoms. The third-order valence-electron chi connectivity index (χ3n) is 7.97. The van der Waals surface area contributed by atoms with E-state index < -0.39 is 30.3 Å². The van der Waals surface area contributed by atoms with Gasteiger partial charge in [-0.1, -0.05) is 109 Å². The molecule has 4 N–H and O–H groups in total. The van der Waals surface area contributed by atoms with Gasteiger partial charge in [-0.25, -0.2) is 19.2 Å². The summed E-state index contributed by atoms with van der Waals surface area (Å²) >= 11 is 0. The number of nitrogens with zero attached hydrogens (tertiary/aromatic N) is 1. The Balaban J connectivity index is 1.10. The highest BCUT2D eigenvalue weighted by atomic mass is 16.6. The number of fused-ring (bicyclic) bond motifs is 3. The fourth-order valence-electron chi connectivity index (χ4n) is 5.51. The van der Waals surface area contributed by atoms with Crippen LogP contribution in [0.3, 0.4) is 0 Å². The van der Waals surface area contributed by atoms with Crippen LogP contribution in [0.2, 0.25) is 0 Å². The van der Waals surface area contributed by atoms with Crippen molar-refractivity contribution >= 4 is 30.2 Å². The number of aliphatic carboxylic acids is 1. The molecule has 5 rings (SSSR count). The lowest BCUT2D eigenvalue weighted by molar-refractivity contribution is -0.139. The second kappa shape index (κ2) is 17.8. The first-order chi connectivity index (χ1) is 24.4. The van der Waals surface area contributed by atoms with Crippen LogP contribution < -0.4 is 16.0 Å². The number of unbranched alkanes of at least 4 members (excludes halogenated alkanes) is 1. The van der Waals surface area contributed by atoms with Crippen LogP contribution >= 0.6 is 0 Å². The Morgan fingerprint density at radius 1 is 0.640 bits per heavy atom. The summed E-state index contributed by atoms with van der Waals surface area (Å²) < 4.78 is 16.0. The SMILES string of the molecule is O=C(NC(=NCCCC[C@H](NC(=O)OCC1c2ccccc2-c2ccccc21)C(=O)O)NC(=O)OCc1ccccc1)OCc1ccccc1. The number of alkyl carbamates (subject to hydrolysis) is 3. The minimum Gasteiger partial charge on any atom is -0.480 e. The van der Waals surface area contributed by atoms with Crippen molar-refractivity contribution < 1.29 is 38.5 Å². The van der Waals surface area contributed by atoms with Gasteiger partial charge in [0.1, 0.15) is 25.9 Å². The Hall–Kier alpha value is -6.17. The van der Waals surface area contributed by atoms with E-state index in [4.69, 9.17) is 14.2 Å². The summed E-state index contributed by atoms with van der Waals surface area (Å²) in [6, 6.07) is 32.8. The number of carbonyl (C=O) groups is 4. The normalized spacial score (nSPS) is 12.0. The van der Waals surface area contributed by atoms with Crippen molar-refractivity contribution in [3.8, 4) is 11.1 Å². The number of benzene rings is 4. The Bertz CT molecular complexity index is 1690. The monoisotopic (exact) mass is 678 g/mol. The zero-order chi connectivity index (χ0) is 35.1. The van der Waals surface area contributed by atoms with Crippen molar-refractivity contribution in [1.82, 2.24) is 16.0 Å². The average Bonchev–Trinajstić information content (AvgIpc) is 3.45. The molecular formula is C38H38N4O8. The molecule has 0 saturated carbocycles. The van der Waals surface area contributed by atoms with E-state index in [0.717, 1.165) is 33.4 Å². The average molecular weight is 679 g/mol. The van der Waals surface area contributed by atoms with E-state index in [1.807, 2.05) is 84.9 Å². The van der Waals surface area contributed by atoms with Crippen molar-refractivity contribution in [2.24, 2.45) is 4.99 Å². The number of hydrogen-bond donors (Lipinski definition) is 4. The highest BCUT2D eigenvalue weighted by Crippen LogP contribution is 2.44. The van der Waals surface area contributed by atoms with Crippen LogP contribution in [0, 0.1) is 0 Å². The van der Waals surface area contributed by atoms with Crippen molar-refractivity contribution in [3.63, 3.8) is 0 Å². The first-order valence-corrected chi connectivity index (χ1v) is 16.2. The predicted molar refractivity (Wildman–Crippen MR) is 185 cm³/mol. The molecule has 0 saturated heterocycles. The van der Waals surface area contributed by atoms with Crippen molar-refractivity contribution in [2.75, 3.05) is 13.2 Å². The molecule has 0 bridgehead atoms. The molecule has 12 nitrogen and oxygen atoms in total. The van der Waals surface area contributed by atoms with Crippen molar-refractivity contribution in [1.29, 1.82) is 0 Å². The summed E-state index contributed by atoms with van der Waals surface area (Å²) in [5.74, 6) is -1.54. The number of ether oxygens (including phenoxy) is 3. The van der Waals surface area contributed by atoms with Gasteiger partial charge in [-0.2, -0.15) is 0 Å². The standard InChI is InChI=1S/C38H38N4O8/c43-34(44)33(40-36(45)50-25-32-30-19-9-7-17-28(30)29-18-8-10-20-31(29)32)21-11-12-22-39-35(41-37(46)48-23-26-13-3-1-4-14-26)42-38(47)49-24-27-15-5-2-6-16-27/h1-10,13-20,32-33H,11-12,21-25H2,(H,40,45)(H,43,44)(H2,39,41,42,46,47)/t33-/m0/s1. The fraction of sp³-hybridized carbons (Fsp3) is 0.237. The van der Waals surface area contributed by atoms with Crippen LogP contribution in [-0.4, -0.2) is 54.5 Å². The van der Waals surface area contributed by atoms with Gasteiger partial charge < -0.3 is 24.6 Å². The topological polar surface area (TPSA) is 165 Å². The van der Waals surface area contributed by atoms with Gasteiger partial charge in [0.25, 0.3) is 0 Å². The second-order valence-electron chi connectivity index (χ2n) is 11.5. The maximum absolute atomic E-state index is 12.7. The summed E-state index contributed by atoms with van der Waals surface area (Å²) in [7, 11) is 0. The first kappa shape index (κ1) is 35.1. The molecule has 4 aromatic carbocycles. The fourth-order valence-corrected chi connectivity index (χ4v) is 5.51. The molecule has 3 amide bonds. The molecule has 0 aromatic heterocycles. The van der Waals surface area contributed by atoms with Gasteiger partial charge in [0.05, 0.1) is 0 Å². The molecule has 0 fully saturated rings. The number of nitrogens with one attached hydrogen (secondary N) is 3. The van der Waals surface area contributed by atoms with E-state index in [-0.39, 0.29) is 44.7 Å². The largest absolute Gasteiger partial charge is 0.480 e. The number of carboxylic acid groups (broad SMARTS) is 1. The maximum Gasteiger partial charge on any atom is 0.414 e. The molecule has 0 aliphatic heterocycles. The van der Waals surface area contributed by atoms with Crippen molar-refractivity contribution in [3.05, 3.63) is 131 Å². The van der Waals surface area contributed by atoms with Crippen LogP contribution in [-0.2, 0) is 32.2 Å². The summed E-state index contributed by atoms with van der Waals surface area (Å²) in [5, 5.41) is 17.0. The van der Waals surface area contributed by atoms with Gasteiger partial charge >= 0.3 is 24.2 Å². The van der Waals surface area contributed by atoms with E-state index in [9.17, 15) is 24.3 Å². The Morgan fingerprint density at radius 2 is 1.14 bits per heavy atom. The van der Waals surface area contributed by atoms with Crippen molar-refractivity contribution in [2.45, 2.75) is 44.4 Å². The Labute approximate surface area is 289 Å². The number of amides is 3. The van der Waals surface area contributed by atoms with E-state index in [2.05, 4.69) is 20.9 Å². The quantitative estimate of drug-likeness (QED) is 0.0549. The van der Waals surface area contributed by atoms with E-state index in [1.165, 1.54) is 0 Å². The summed E-state index contributed by atoms with van der Waals surface area (Å²) in [6.45, 7) is 0.188. The molecule has 0 unspecified atom stereocenters. The third kappa shape index (κ3) is 10.2. The number of guanidine groups is 1. The molecule has 50 heavy (non-hydrogen) atoms. The maximum atomic E-state index is 12.7. The van der Waals surface area contributed by atoms with Crippen LogP contribution in [0.4, 0.5) is 14.4 Å². The van der Waals surface area contributed by atoms with Gasteiger partial charge in [-0.05, 0) is 52.6 Å². The van der Waals surface area contributed by atoms with E-state index in [1.54, 1.807) is 24.3 Å². The number of carbonyl (C=O) groups excluding carboxylic acids is 3. The number of aliphatic imine (C=N–C) groups is 1. The molecule has 1 atom stereocenters. The Kier molecular flexibility index (Phi) is 12.5. The lowest BCUT2D eigenvalue weighted by Crippen LogP contribution is -2.44. The summed E-state index contributed by atoms with van der Waals surface area (Å²) in [5.41, 5.74) is 5.82. The van der Waals surface area contributed by atoms with E-state index in [0.29, 0.717) is 12.8 Å². The minimum absolute atomic E-state index is 0.00561. The Morgan fingerprint density at radius 3 is 1.66 bits per heavy atom. The highest BCUT2D eigenvalue weighted by molar-refractivity contribution is 6.01. The van der Waals surface area contributed by atoms with Crippen LogP contribution in [0.1, 0.15) is 47.4 Å². The van der Waals surface area contributed by atoms with Crippen LogP contribution in [0.5, 0.6) is 0 Å². The van der Waals surface area contributed by atoms with Gasteiger partial charge in [0.15, 0.2) is 0 Å². The first-order valence-electron chi connectivity index (χ1n) is 16.2. The molecule has 0 radical (unpaired) electrons. The highest BCUT2D eigenvalue weighted by Gasteiger charge is 2.29. The van der Waals surface area contributed by atoms with E-state index >= 15 is 0 Å². The molecular weight excluding hydrogens is 640 g/mol. The second-order valence-corrected chi connectivity index (χ2v) is 11.5. The summed E-state index contributed by atoms with van der Waals surface area (Å²) in [4.78, 5) is 53.8. The molecule has 258 valence electrons. The van der Waals surface area contributed by atoms with Crippen LogP contribution in [0.25, 0.3) is 11.1 Å². The smallest absolute Gasteiger partial charge is 0.414 e. The number of hydrogen-bond acceptors (Lipinski definition) is 8. The van der Waals surface area contributed by atoms with Gasteiger partial charge in [-0.15, -0.1) is 0 Å². The molecule has 12 heteroatoms. The minimum atomic E-state index is -1.20. The predicted octanol–water partition coefficient (Wildman–Crippen LogP) is 6.36. The summed E-state index contributed by atoms with van der Waals surface area (Å²) in [6.07, 6.45) is -1.67. The van der Waals surface area contributed by atoms with Gasteiger partial charge in [0, 0.05) is 12.5 Å². The molecule has 1 aliphatic rings. The van der Waals surface area contributed by atoms with Crippen LogP contribution in [0.15, 0.2) is 114 Å².